The van der Waals surface area contributed by atoms with E-state index in [9.17, 15) is 13.2 Å². The van der Waals surface area contributed by atoms with Gasteiger partial charge in [0, 0.05) is 6.26 Å². The van der Waals surface area contributed by atoms with E-state index in [0.717, 1.165) is 19.1 Å². The Balaban J connectivity index is 2.06. The number of nitrogens with zero attached hydrogens (tertiary/aromatic N) is 2. The molecule has 2 saturated carbocycles. The number of sulfone groups is 1. The minimum absolute atomic E-state index is 0.0437. The van der Waals surface area contributed by atoms with E-state index in [4.69, 9.17) is 4.74 Å². The second-order valence-electron chi connectivity index (χ2n) is 6.45. The summed E-state index contributed by atoms with van der Waals surface area (Å²) in [4.78, 5) is 20.5. The molecule has 1 heterocycles. The van der Waals surface area contributed by atoms with Crippen LogP contribution in [0, 0.1) is 11.8 Å². The van der Waals surface area contributed by atoms with Gasteiger partial charge >= 0.3 is 5.97 Å². The summed E-state index contributed by atoms with van der Waals surface area (Å²) in [6.07, 6.45) is 7.14. The van der Waals surface area contributed by atoms with Crippen LogP contribution >= 0.6 is 0 Å². The first-order chi connectivity index (χ1) is 10.4. The van der Waals surface area contributed by atoms with Crippen LogP contribution in [-0.2, 0) is 24.8 Å². The number of hydrogen-bond acceptors (Lipinski definition) is 6. The Morgan fingerprint density at radius 1 is 1.27 bits per heavy atom. The van der Waals surface area contributed by atoms with Crippen molar-refractivity contribution in [2.75, 3.05) is 13.4 Å². The second kappa shape index (κ2) is 5.30. The Labute approximate surface area is 130 Å². The Bertz CT molecular complexity index is 689. The maximum absolute atomic E-state index is 12.5. The average Bonchev–Trinajstić information content (AvgIpc) is 3.05. The van der Waals surface area contributed by atoms with Crippen LogP contribution in [-0.4, -0.2) is 37.7 Å². The number of hydrogen-bond donors (Lipinski definition) is 0. The topological polar surface area (TPSA) is 86.2 Å². The molecular formula is C15H20N2O4S. The zero-order chi connectivity index (χ0) is 16.0. The minimum atomic E-state index is -3.44. The van der Waals surface area contributed by atoms with Crippen molar-refractivity contribution in [1.82, 2.24) is 9.97 Å². The molecule has 2 aliphatic rings. The third-order valence-corrected chi connectivity index (χ3v) is 6.11. The van der Waals surface area contributed by atoms with Gasteiger partial charge in [-0.05, 0) is 30.7 Å². The average molecular weight is 324 g/mol. The minimum Gasteiger partial charge on any atom is -0.468 e. The van der Waals surface area contributed by atoms with Gasteiger partial charge in [-0.3, -0.25) is 4.79 Å². The van der Waals surface area contributed by atoms with Crippen molar-refractivity contribution in [3.63, 3.8) is 0 Å². The summed E-state index contributed by atoms with van der Waals surface area (Å²) in [5.41, 5.74) is -0.350. The van der Waals surface area contributed by atoms with Crippen LogP contribution in [0.25, 0.3) is 0 Å². The fourth-order valence-electron chi connectivity index (χ4n) is 4.11. The van der Waals surface area contributed by atoms with E-state index in [2.05, 4.69) is 9.97 Å². The highest BCUT2D eigenvalue weighted by molar-refractivity contribution is 7.90. The van der Waals surface area contributed by atoms with Crippen LogP contribution in [0.3, 0.4) is 0 Å². The van der Waals surface area contributed by atoms with E-state index in [-0.39, 0.29) is 11.0 Å². The van der Waals surface area contributed by atoms with Crippen LogP contribution < -0.4 is 0 Å². The van der Waals surface area contributed by atoms with E-state index >= 15 is 0 Å². The summed E-state index contributed by atoms with van der Waals surface area (Å²) in [7, 11) is -2.06. The van der Waals surface area contributed by atoms with Crippen molar-refractivity contribution in [1.29, 1.82) is 0 Å². The summed E-state index contributed by atoms with van der Waals surface area (Å²) in [5, 5.41) is -0.0437. The molecule has 6 nitrogen and oxygen atoms in total. The quantitative estimate of drug-likeness (QED) is 0.618. The van der Waals surface area contributed by atoms with Crippen LogP contribution in [0.5, 0.6) is 0 Å². The molecule has 3 rings (SSSR count). The number of carbonyl (C=O) groups is 1. The van der Waals surface area contributed by atoms with Crippen molar-refractivity contribution in [2.45, 2.75) is 42.5 Å². The third-order valence-electron chi connectivity index (χ3n) is 5.13. The van der Waals surface area contributed by atoms with Gasteiger partial charge in [0.15, 0.2) is 14.9 Å². The summed E-state index contributed by atoms with van der Waals surface area (Å²) in [6, 6.07) is 1.44. The van der Waals surface area contributed by atoms with Crippen molar-refractivity contribution in [3.05, 3.63) is 18.1 Å². The number of carbonyl (C=O) groups excluding carboxylic acids is 1. The van der Waals surface area contributed by atoms with Gasteiger partial charge in [-0.2, -0.15) is 0 Å². The monoisotopic (exact) mass is 324 g/mol. The fraction of sp³-hybridized carbons (Fsp3) is 0.667. The number of esters is 1. The van der Waals surface area contributed by atoms with Gasteiger partial charge in [-0.1, -0.05) is 19.3 Å². The molecule has 0 radical (unpaired) electrons. The summed E-state index contributed by atoms with van der Waals surface area (Å²) in [5.74, 6) is 0.673. The number of ether oxygens (including phenoxy) is 1. The number of aromatic nitrogens is 2. The molecule has 120 valence electrons. The number of fused-ring (bicyclic) bond motifs is 1. The normalized spacial score (nSPS) is 31.0. The standard InChI is InChI=1S/C15H20N2O4S/c1-21-14(18)15(7-10-4-3-5-11(10)8-15)12-6-13(17-9-16-12)22(2,19)20/h6,9-11H,3-5,7-8H2,1-2H3. The molecule has 0 bridgehead atoms. The first kappa shape index (κ1) is 15.4. The van der Waals surface area contributed by atoms with Crippen molar-refractivity contribution in [2.24, 2.45) is 11.8 Å². The largest absolute Gasteiger partial charge is 0.468 e. The van der Waals surface area contributed by atoms with E-state index in [0.29, 0.717) is 30.4 Å². The lowest BCUT2D eigenvalue weighted by Gasteiger charge is -2.26. The molecule has 1 aromatic heterocycles. The summed E-state index contributed by atoms with van der Waals surface area (Å²) in [6.45, 7) is 0. The predicted octanol–water partition coefficient (Wildman–Crippen LogP) is 1.50. The molecule has 2 unspecified atom stereocenters. The van der Waals surface area contributed by atoms with Gasteiger partial charge in [0.2, 0.25) is 0 Å². The van der Waals surface area contributed by atoms with Crippen molar-refractivity contribution in [3.8, 4) is 0 Å². The highest BCUT2D eigenvalue weighted by Crippen LogP contribution is 2.54. The van der Waals surface area contributed by atoms with Crippen LogP contribution in [0.2, 0.25) is 0 Å². The van der Waals surface area contributed by atoms with Crippen molar-refractivity contribution >= 4 is 15.8 Å². The molecule has 0 aromatic carbocycles. The lowest BCUT2D eigenvalue weighted by atomic mass is 9.80. The molecule has 2 atom stereocenters. The van der Waals surface area contributed by atoms with Crippen molar-refractivity contribution < 1.29 is 17.9 Å². The van der Waals surface area contributed by atoms with Gasteiger partial charge in [0.25, 0.3) is 0 Å². The Morgan fingerprint density at radius 2 is 1.91 bits per heavy atom. The molecule has 22 heavy (non-hydrogen) atoms. The molecule has 0 aliphatic heterocycles. The number of rotatable bonds is 3. The molecule has 0 spiro atoms. The van der Waals surface area contributed by atoms with Gasteiger partial charge in [-0.15, -0.1) is 0 Å². The van der Waals surface area contributed by atoms with E-state index in [1.807, 2.05) is 0 Å². The molecule has 1 aromatic rings. The Kier molecular flexibility index (Phi) is 3.71. The zero-order valence-corrected chi connectivity index (χ0v) is 13.6. The molecule has 0 amide bonds. The smallest absolute Gasteiger partial charge is 0.317 e. The molecule has 0 saturated heterocycles. The second-order valence-corrected chi connectivity index (χ2v) is 8.41. The SMILES string of the molecule is COC(=O)C1(c2cc(S(C)(=O)=O)ncn2)CC2CCCC2C1. The maximum atomic E-state index is 12.5. The molecule has 2 aliphatic carbocycles. The van der Waals surface area contributed by atoms with E-state index in [1.54, 1.807) is 0 Å². The number of methoxy groups -OCH3 is 1. The van der Waals surface area contributed by atoms with Gasteiger partial charge in [0.05, 0.1) is 12.8 Å². The summed E-state index contributed by atoms with van der Waals surface area (Å²) < 4.78 is 28.5. The first-order valence-electron chi connectivity index (χ1n) is 7.48. The van der Waals surface area contributed by atoms with Crippen LogP contribution in [0.4, 0.5) is 0 Å². The molecule has 7 heteroatoms. The zero-order valence-electron chi connectivity index (χ0n) is 12.8. The highest BCUT2D eigenvalue weighted by atomic mass is 32.2. The molecular weight excluding hydrogens is 304 g/mol. The lowest BCUT2D eigenvalue weighted by molar-refractivity contribution is -0.147. The van der Waals surface area contributed by atoms with Crippen LogP contribution in [0.15, 0.2) is 17.4 Å². The Hall–Kier alpha value is -1.50. The van der Waals surface area contributed by atoms with Gasteiger partial charge in [0.1, 0.15) is 11.7 Å². The van der Waals surface area contributed by atoms with Gasteiger partial charge in [-0.25, -0.2) is 18.4 Å². The van der Waals surface area contributed by atoms with E-state index in [1.165, 1.54) is 25.9 Å². The third kappa shape index (κ3) is 2.41. The van der Waals surface area contributed by atoms with Gasteiger partial charge < -0.3 is 4.74 Å². The summed E-state index contributed by atoms with van der Waals surface area (Å²) >= 11 is 0. The molecule has 0 N–H and O–H groups in total. The predicted molar refractivity (Wildman–Crippen MR) is 78.9 cm³/mol. The maximum Gasteiger partial charge on any atom is 0.317 e. The fourth-order valence-corrected chi connectivity index (χ4v) is 4.67. The first-order valence-corrected chi connectivity index (χ1v) is 9.37. The Morgan fingerprint density at radius 3 is 2.45 bits per heavy atom. The van der Waals surface area contributed by atoms with E-state index < -0.39 is 15.3 Å². The molecule has 2 fully saturated rings. The highest BCUT2D eigenvalue weighted by Gasteiger charge is 2.54. The lowest BCUT2D eigenvalue weighted by Crippen LogP contribution is -2.36. The van der Waals surface area contributed by atoms with Crippen LogP contribution in [0.1, 0.15) is 37.8 Å².